The van der Waals surface area contributed by atoms with Crippen LogP contribution in [0.4, 0.5) is 10.1 Å². The number of halogens is 1. The van der Waals surface area contributed by atoms with Crippen molar-refractivity contribution in [2.75, 3.05) is 0 Å². The van der Waals surface area contributed by atoms with Crippen LogP contribution >= 0.6 is 0 Å². The summed E-state index contributed by atoms with van der Waals surface area (Å²) in [5.41, 5.74) is 4.98. The van der Waals surface area contributed by atoms with Gasteiger partial charge in [0.2, 0.25) is 11.7 Å². The maximum atomic E-state index is 13.4. The molecule has 2 rings (SSSR count). The number of nitro groups is 1. The van der Waals surface area contributed by atoms with E-state index in [4.69, 9.17) is 10.5 Å². The first-order valence-electron chi connectivity index (χ1n) is 7.99. The second-order valence-electron chi connectivity index (χ2n) is 5.79. The fraction of sp³-hybridized carbons (Fsp3) is 0.167. The first kappa shape index (κ1) is 20.5. The summed E-state index contributed by atoms with van der Waals surface area (Å²) >= 11 is 0. The van der Waals surface area contributed by atoms with Gasteiger partial charge < -0.3 is 15.8 Å². The highest BCUT2D eigenvalue weighted by Gasteiger charge is 2.22. The molecule has 1 atom stereocenters. The molecule has 0 aliphatic rings. The molecule has 0 bridgehead atoms. The predicted octanol–water partition coefficient (Wildman–Crippen LogP) is 1.49. The van der Waals surface area contributed by atoms with E-state index in [0.717, 1.165) is 12.1 Å². The molecule has 0 fully saturated rings. The van der Waals surface area contributed by atoms with Gasteiger partial charge in [-0.15, -0.1) is 0 Å². The zero-order valence-corrected chi connectivity index (χ0v) is 14.7. The summed E-state index contributed by atoms with van der Waals surface area (Å²) in [6.45, 7) is 1.23. The van der Waals surface area contributed by atoms with Crippen molar-refractivity contribution < 1.29 is 28.4 Å². The summed E-state index contributed by atoms with van der Waals surface area (Å²) in [5, 5.41) is 13.2. The Morgan fingerprint density at radius 1 is 1.21 bits per heavy atom. The number of ether oxygens (including phenoxy) is 1. The van der Waals surface area contributed by atoms with E-state index in [1.54, 1.807) is 0 Å². The Morgan fingerprint density at radius 3 is 2.39 bits per heavy atom. The van der Waals surface area contributed by atoms with Crippen molar-refractivity contribution >= 4 is 23.5 Å². The zero-order valence-electron chi connectivity index (χ0n) is 14.7. The Morgan fingerprint density at radius 2 is 1.86 bits per heavy atom. The van der Waals surface area contributed by atoms with E-state index < -0.39 is 40.3 Å². The molecule has 28 heavy (non-hydrogen) atoms. The van der Waals surface area contributed by atoms with Gasteiger partial charge in [0.05, 0.1) is 4.92 Å². The Hall–Kier alpha value is -3.82. The van der Waals surface area contributed by atoms with Gasteiger partial charge in [0, 0.05) is 25.0 Å². The van der Waals surface area contributed by atoms with E-state index in [-0.39, 0.29) is 23.3 Å². The number of esters is 1. The topological polar surface area (TPSA) is 142 Å². The van der Waals surface area contributed by atoms with Crippen LogP contribution in [0.15, 0.2) is 42.5 Å². The maximum absolute atomic E-state index is 13.4. The standard InChI is InChI=1S/C18H16FN3O6/c1-10(23)28-13-5-3-12(4-6-13)18(25)21-15(17(20)24)8-11-2-7-14(19)16(9-11)22(26)27/h2-7,9,15H,8H2,1H3,(H2,20,24)(H,21,25)/t15-/m1/s1. The van der Waals surface area contributed by atoms with Crippen molar-refractivity contribution in [2.45, 2.75) is 19.4 Å². The fourth-order valence-electron chi connectivity index (χ4n) is 2.37. The number of benzene rings is 2. The van der Waals surface area contributed by atoms with Gasteiger partial charge in [-0.3, -0.25) is 24.5 Å². The monoisotopic (exact) mass is 389 g/mol. The SMILES string of the molecule is CC(=O)Oc1ccc(C(=O)N[C@H](Cc2ccc(F)c([N+](=O)[O-])c2)C(N)=O)cc1. The van der Waals surface area contributed by atoms with Crippen molar-refractivity contribution in [1.82, 2.24) is 5.32 Å². The van der Waals surface area contributed by atoms with Crippen LogP contribution in [0.25, 0.3) is 0 Å². The van der Waals surface area contributed by atoms with Crippen molar-refractivity contribution in [2.24, 2.45) is 5.73 Å². The lowest BCUT2D eigenvalue weighted by Gasteiger charge is -2.16. The molecule has 0 aliphatic heterocycles. The van der Waals surface area contributed by atoms with Gasteiger partial charge >= 0.3 is 11.7 Å². The van der Waals surface area contributed by atoms with Gasteiger partial charge in [-0.1, -0.05) is 6.07 Å². The number of amides is 2. The number of primary amides is 1. The number of nitrogens with two attached hydrogens (primary N) is 1. The zero-order chi connectivity index (χ0) is 20.8. The maximum Gasteiger partial charge on any atom is 0.308 e. The molecule has 10 heteroatoms. The molecule has 2 aromatic carbocycles. The molecule has 9 nitrogen and oxygen atoms in total. The van der Waals surface area contributed by atoms with Crippen molar-refractivity contribution in [3.05, 3.63) is 69.5 Å². The van der Waals surface area contributed by atoms with Crippen LogP contribution in [0, 0.1) is 15.9 Å². The van der Waals surface area contributed by atoms with Gasteiger partial charge in [0.15, 0.2) is 0 Å². The molecule has 2 aromatic rings. The molecular weight excluding hydrogens is 373 g/mol. The number of hydrogen-bond donors (Lipinski definition) is 2. The van der Waals surface area contributed by atoms with E-state index >= 15 is 0 Å². The lowest BCUT2D eigenvalue weighted by molar-refractivity contribution is -0.387. The highest BCUT2D eigenvalue weighted by atomic mass is 19.1. The number of nitrogens with one attached hydrogen (secondary N) is 1. The summed E-state index contributed by atoms with van der Waals surface area (Å²) in [6, 6.07) is 7.54. The summed E-state index contributed by atoms with van der Waals surface area (Å²) in [7, 11) is 0. The van der Waals surface area contributed by atoms with Gasteiger partial charge in [0.1, 0.15) is 11.8 Å². The first-order valence-corrected chi connectivity index (χ1v) is 7.99. The van der Waals surface area contributed by atoms with Crippen molar-refractivity contribution in [3.8, 4) is 5.75 Å². The van der Waals surface area contributed by atoms with Crippen molar-refractivity contribution in [3.63, 3.8) is 0 Å². The molecule has 0 saturated heterocycles. The van der Waals surface area contributed by atoms with E-state index in [9.17, 15) is 28.9 Å². The number of carbonyl (C=O) groups is 3. The van der Waals surface area contributed by atoms with Crippen LogP contribution in [-0.4, -0.2) is 28.7 Å². The van der Waals surface area contributed by atoms with Crippen LogP contribution in [0.5, 0.6) is 5.75 Å². The Kier molecular flexibility index (Phi) is 6.38. The number of rotatable bonds is 7. The summed E-state index contributed by atoms with van der Waals surface area (Å²) in [4.78, 5) is 44.8. The second kappa shape index (κ2) is 8.71. The minimum atomic E-state index is -1.18. The first-order chi connectivity index (χ1) is 13.2. The summed E-state index contributed by atoms with van der Waals surface area (Å²) < 4.78 is 18.3. The second-order valence-corrected chi connectivity index (χ2v) is 5.79. The van der Waals surface area contributed by atoms with Gasteiger partial charge in [0.25, 0.3) is 5.91 Å². The van der Waals surface area contributed by atoms with Crippen LogP contribution in [0.3, 0.4) is 0 Å². The largest absolute Gasteiger partial charge is 0.427 e. The number of nitro benzene ring substituents is 1. The highest BCUT2D eigenvalue weighted by molar-refractivity contribution is 5.97. The van der Waals surface area contributed by atoms with Gasteiger partial charge in [-0.05, 0) is 35.9 Å². The Bertz CT molecular complexity index is 929. The number of hydrogen-bond acceptors (Lipinski definition) is 6. The third kappa shape index (κ3) is 5.34. The van der Waals surface area contributed by atoms with Crippen LogP contribution in [0.1, 0.15) is 22.8 Å². The minimum absolute atomic E-state index is 0.159. The Balaban J connectivity index is 2.13. The van der Waals surface area contributed by atoms with Gasteiger partial charge in [-0.25, -0.2) is 0 Å². The molecular formula is C18H16FN3O6. The van der Waals surface area contributed by atoms with Crippen LogP contribution in [-0.2, 0) is 16.0 Å². The van der Waals surface area contributed by atoms with E-state index in [0.29, 0.717) is 0 Å². The molecule has 2 amide bonds. The number of carbonyl (C=O) groups excluding carboxylic acids is 3. The lowest BCUT2D eigenvalue weighted by atomic mass is 10.0. The lowest BCUT2D eigenvalue weighted by Crippen LogP contribution is -2.45. The minimum Gasteiger partial charge on any atom is -0.427 e. The smallest absolute Gasteiger partial charge is 0.308 e. The highest BCUT2D eigenvalue weighted by Crippen LogP contribution is 2.19. The molecule has 0 heterocycles. The molecule has 146 valence electrons. The summed E-state index contributed by atoms with van der Waals surface area (Å²) in [5.74, 6) is -2.78. The molecule has 0 spiro atoms. The molecule has 0 radical (unpaired) electrons. The van der Waals surface area contributed by atoms with Crippen molar-refractivity contribution in [1.29, 1.82) is 0 Å². The van der Waals surface area contributed by atoms with E-state index in [1.807, 2.05) is 0 Å². The Labute approximate surface area is 158 Å². The van der Waals surface area contributed by atoms with E-state index in [1.165, 1.54) is 37.3 Å². The molecule has 3 N–H and O–H groups in total. The number of nitrogens with zero attached hydrogens (tertiary/aromatic N) is 1. The fourth-order valence-corrected chi connectivity index (χ4v) is 2.37. The normalized spacial score (nSPS) is 11.4. The quantitative estimate of drug-likeness (QED) is 0.318. The van der Waals surface area contributed by atoms with E-state index in [2.05, 4.69) is 5.32 Å². The van der Waals surface area contributed by atoms with Gasteiger partial charge in [-0.2, -0.15) is 4.39 Å². The average Bonchev–Trinajstić information content (AvgIpc) is 2.62. The third-order valence-corrected chi connectivity index (χ3v) is 3.67. The molecule has 0 unspecified atom stereocenters. The van der Waals surface area contributed by atoms with Crippen LogP contribution < -0.4 is 15.8 Å². The summed E-state index contributed by atoms with van der Waals surface area (Å²) in [6.07, 6.45) is -0.159. The molecule has 0 aliphatic carbocycles. The predicted molar refractivity (Wildman–Crippen MR) is 95.0 cm³/mol. The average molecular weight is 389 g/mol. The van der Waals surface area contributed by atoms with Crippen LogP contribution in [0.2, 0.25) is 0 Å². The molecule has 0 saturated carbocycles. The third-order valence-electron chi connectivity index (χ3n) is 3.67. The molecule has 0 aromatic heterocycles.